The molecule has 0 spiro atoms. The second-order valence-corrected chi connectivity index (χ2v) is 20.5. The number of hydrogen-bond donors (Lipinski definition) is 8. The van der Waals surface area contributed by atoms with Crippen LogP contribution in [0.5, 0.6) is 0 Å². The largest absolute Gasteiger partial charge is 0.481 e. The summed E-state index contributed by atoms with van der Waals surface area (Å²) >= 11 is 0. The Morgan fingerprint density at radius 2 is 1.55 bits per heavy atom. The van der Waals surface area contributed by atoms with Gasteiger partial charge in [-0.1, -0.05) is 60.1 Å². The molecular formula is C41H64O14. The van der Waals surface area contributed by atoms with Crippen LogP contribution >= 0.6 is 0 Å². The number of hydrogen-bond acceptors (Lipinski definition) is 12. The molecule has 0 amide bonds. The molecule has 17 atom stereocenters. The van der Waals surface area contributed by atoms with E-state index in [9.17, 15) is 50.4 Å². The van der Waals surface area contributed by atoms with Crippen molar-refractivity contribution in [1.82, 2.24) is 0 Å². The molecular weight excluding hydrogens is 716 g/mol. The molecule has 0 bridgehead atoms. The third-order valence-corrected chi connectivity index (χ3v) is 17.0. The van der Waals surface area contributed by atoms with E-state index in [1.54, 1.807) is 0 Å². The molecule has 6 fully saturated rings. The maximum atomic E-state index is 13.1. The molecule has 312 valence electrons. The first-order valence-corrected chi connectivity index (χ1v) is 20.2. The standard InChI is InChI=1S/C41H64O14/c1-35(2)14-15-41(34(49)50)21(16-35)20-8-9-23-37(5)12-11-25(36(3,4)22(37)10-13-38(23,6)39(20,7)17-24(41)43)53-32-27(45)26(44)28(29(55-32)31(47)48)54-33-30(46)40(51,18-42)19-52-33/h8,21-30,32-33,42-46,51H,9-19H2,1-7H3,(H,47,48)(H,49,50)/t21?,22?,23?,24-,25+,26-,27-,28+,29+,30+,32-,33-,37+,38-,39-,40-,41-/m1/s1. The molecule has 8 N–H and O–H groups in total. The molecule has 0 aromatic carbocycles. The number of aliphatic hydroxyl groups is 6. The summed E-state index contributed by atoms with van der Waals surface area (Å²) in [5.74, 6) is -2.24. The number of allylic oxidation sites excluding steroid dienone is 2. The van der Waals surface area contributed by atoms with Crippen molar-refractivity contribution in [1.29, 1.82) is 0 Å². The Morgan fingerprint density at radius 1 is 0.855 bits per heavy atom. The molecule has 0 aromatic rings. The summed E-state index contributed by atoms with van der Waals surface area (Å²) < 4.78 is 23.1. The van der Waals surface area contributed by atoms with Crippen molar-refractivity contribution < 1.29 is 69.4 Å². The van der Waals surface area contributed by atoms with Crippen molar-refractivity contribution >= 4 is 11.9 Å². The van der Waals surface area contributed by atoms with Crippen molar-refractivity contribution in [2.45, 2.75) is 167 Å². The molecule has 4 saturated carbocycles. The monoisotopic (exact) mass is 780 g/mol. The van der Waals surface area contributed by atoms with E-state index in [2.05, 4.69) is 54.5 Å². The van der Waals surface area contributed by atoms with Gasteiger partial charge in [-0.3, -0.25) is 4.79 Å². The molecule has 2 heterocycles. The van der Waals surface area contributed by atoms with Crippen LogP contribution in [0.4, 0.5) is 0 Å². The lowest BCUT2D eigenvalue weighted by Gasteiger charge is -2.71. The smallest absolute Gasteiger partial charge is 0.335 e. The van der Waals surface area contributed by atoms with Gasteiger partial charge in [0.25, 0.3) is 0 Å². The van der Waals surface area contributed by atoms with Crippen molar-refractivity contribution in [3.63, 3.8) is 0 Å². The van der Waals surface area contributed by atoms with Crippen molar-refractivity contribution in [3.05, 3.63) is 11.6 Å². The Balaban J connectivity index is 1.12. The van der Waals surface area contributed by atoms with Crippen LogP contribution in [0.15, 0.2) is 11.6 Å². The van der Waals surface area contributed by atoms with Crippen LogP contribution < -0.4 is 0 Å². The predicted molar refractivity (Wildman–Crippen MR) is 194 cm³/mol. The predicted octanol–water partition coefficient (Wildman–Crippen LogP) is 2.59. The number of aliphatic hydroxyl groups excluding tert-OH is 5. The van der Waals surface area contributed by atoms with Crippen LogP contribution in [-0.4, -0.2) is 127 Å². The number of ether oxygens (including phenoxy) is 4. The average Bonchev–Trinajstić information content (AvgIpc) is 3.38. The highest BCUT2D eigenvalue weighted by Gasteiger charge is 2.71. The van der Waals surface area contributed by atoms with Gasteiger partial charge in [0.05, 0.1) is 25.4 Å². The molecule has 5 aliphatic carbocycles. The summed E-state index contributed by atoms with van der Waals surface area (Å²) in [4.78, 5) is 25.5. The normalized spacial score (nSPS) is 52.9. The minimum absolute atomic E-state index is 0.0313. The van der Waals surface area contributed by atoms with Gasteiger partial charge < -0.3 is 59.8 Å². The van der Waals surface area contributed by atoms with Crippen molar-refractivity contribution in [3.8, 4) is 0 Å². The second-order valence-electron chi connectivity index (χ2n) is 20.5. The molecule has 55 heavy (non-hydrogen) atoms. The second kappa shape index (κ2) is 13.4. The van der Waals surface area contributed by atoms with Gasteiger partial charge in [0.2, 0.25) is 0 Å². The molecule has 2 saturated heterocycles. The lowest BCUT2D eigenvalue weighted by atomic mass is 9.33. The highest BCUT2D eigenvalue weighted by atomic mass is 16.7. The van der Waals surface area contributed by atoms with E-state index in [-0.39, 0.29) is 34.0 Å². The highest BCUT2D eigenvalue weighted by Crippen LogP contribution is 2.76. The fraction of sp³-hybridized carbons (Fsp3) is 0.902. The zero-order valence-corrected chi connectivity index (χ0v) is 33.3. The Kier molecular flexibility index (Phi) is 10.1. The van der Waals surface area contributed by atoms with Crippen LogP contribution in [-0.2, 0) is 28.5 Å². The average molecular weight is 781 g/mol. The van der Waals surface area contributed by atoms with E-state index in [1.165, 1.54) is 5.57 Å². The van der Waals surface area contributed by atoms with Crippen molar-refractivity contribution in [2.75, 3.05) is 13.2 Å². The van der Waals surface area contributed by atoms with E-state index in [1.807, 2.05) is 0 Å². The van der Waals surface area contributed by atoms with E-state index >= 15 is 0 Å². The molecule has 14 heteroatoms. The first-order valence-electron chi connectivity index (χ1n) is 20.2. The van der Waals surface area contributed by atoms with Gasteiger partial charge in [-0.05, 0) is 103 Å². The summed E-state index contributed by atoms with van der Waals surface area (Å²) in [6.45, 7) is 14.4. The minimum atomic E-state index is -2.05. The topological polar surface area (TPSA) is 233 Å². The molecule has 7 aliphatic rings. The van der Waals surface area contributed by atoms with Crippen LogP contribution in [0.1, 0.15) is 106 Å². The molecule has 7 rings (SSSR count). The van der Waals surface area contributed by atoms with Gasteiger partial charge in [0.1, 0.15) is 35.4 Å². The van der Waals surface area contributed by atoms with Gasteiger partial charge in [0, 0.05) is 0 Å². The van der Waals surface area contributed by atoms with E-state index in [0.29, 0.717) is 19.3 Å². The molecule has 0 radical (unpaired) electrons. The molecule has 3 unspecified atom stereocenters. The number of carboxylic acids is 2. The van der Waals surface area contributed by atoms with Gasteiger partial charge in [0.15, 0.2) is 18.7 Å². The number of carbonyl (C=O) groups is 2. The number of carboxylic acid groups (broad SMARTS) is 2. The maximum Gasteiger partial charge on any atom is 0.335 e. The summed E-state index contributed by atoms with van der Waals surface area (Å²) in [5, 5.41) is 85.5. The fourth-order valence-corrected chi connectivity index (χ4v) is 13.5. The first-order chi connectivity index (χ1) is 25.4. The van der Waals surface area contributed by atoms with E-state index in [0.717, 1.165) is 38.5 Å². The first kappa shape index (κ1) is 41.4. The number of aliphatic carboxylic acids is 2. The minimum Gasteiger partial charge on any atom is -0.481 e. The van der Waals surface area contributed by atoms with Gasteiger partial charge >= 0.3 is 11.9 Å². The van der Waals surface area contributed by atoms with Crippen LogP contribution in [0.25, 0.3) is 0 Å². The fourth-order valence-electron chi connectivity index (χ4n) is 13.5. The number of fused-ring (bicyclic) bond motifs is 7. The van der Waals surface area contributed by atoms with E-state index in [4.69, 9.17) is 18.9 Å². The third-order valence-electron chi connectivity index (χ3n) is 17.0. The third kappa shape index (κ3) is 5.85. The quantitative estimate of drug-likeness (QED) is 0.137. The zero-order valence-electron chi connectivity index (χ0n) is 33.3. The van der Waals surface area contributed by atoms with Gasteiger partial charge in [-0.2, -0.15) is 0 Å². The SMILES string of the molecule is CC1(C)CC[C@@]2(C(=O)O)C(C1)C1=CCC3[C@@]4(C)CC[C@H](O[C@@H]5O[C@H](C(=O)O)[C@@H](O[C@H]6OC[C@](O)(CO)[C@H]6O)[C@H](O)[C@H]5O)C(C)(C)C4CC[C@@]3(C)[C@]1(C)C[C@H]2O. The molecule has 0 aromatic heterocycles. The van der Waals surface area contributed by atoms with Crippen LogP contribution in [0.2, 0.25) is 0 Å². The molecule has 14 nitrogen and oxygen atoms in total. The zero-order chi connectivity index (χ0) is 40.5. The lowest BCUT2D eigenvalue weighted by Crippen LogP contribution is -2.68. The van der Waals surface area contributed by atoms with E-state index < -0.39 is 102 Å². The number of rotatable bonds is 7. The Hall–Kier alpha value is -1.72. The van der Waals surface area contributed by atoms with Gasteiger partial charge in [-0.25, -0.2) is 4.79 Å². The maximum absolute atomic E-state index is 13.1. The van der Waals surface area contributed by atoms with Gasteiger partial charge in [-0.15, -0.1) is 0 Å². The highest BCUT2D eigenvalue weighted by molar-refractivity contribution is 5.77. The summed E-state index contributed by atoms with van der Waals surface area (Å²) in [5.41, 5.74) is -3.27. The Labute approximate surface area is 323 Å². The van der Waals surface area contributed by atoms with Crippen LogP contribution in [0, 0.1) is 50.2 Å². The molecule has 2 aliphatic heterocycles. The Bertz CT molecular complexity index is 1560. The summed E-state index contributed by atoms with van der Waals surface area (Å²) in [7, 11) is 0. The summed E-state index contributed by atoms with van der Waals surface area (Å²) in [6, 6.07) is 0. The summed E-state index contributed by atoms with van der Waals surface area (Å²) in [6.07, 6.45) is -4.77. The lowest BCUT2D eigenvalue weighted by molar-refractivity contribution is -0.341. The van der Waals surface area contributed by atoms with Crippen LogP contribution in [0.3, 0.4) is 0 Å². The Morgan fingerprint density at radius 3 is 2.16 bits per heavy atom. The van der Waals surface area contributed by atoms with Crippen molar-refractivity contribution in [2.24, 2.45) is 50.2 Å².